The number of halogens is 3. The first-order chi connectivity index (χ1) is 16.6. The first-order valence-electron chi connectivity index (χ1n) is 11.9. The quantitative estimate of drug-likeness (QED) is 0.586. The molecule has 1 fully saturated rings. The zero-order valence-electron chi connectivity index (χ0n) is 21.8. The van der Waals surface area contributed by atoms with Crippen LogP contribution in [0.2, 0.25) is 0 Å². The fourth-order valence-corrected chi connectivity index (χ4v) is 3.62. The molecule has 0 aliphatic carbocycles. The van der Waals surface area contributed by atoms with Gasteiger partial charge in [0.15, 0.2) is 6.04 Å². The maximum Gasteiger partial charge on any atom is 0.471 e. The van der Waals surface area contributed by atoms with Gasteiger partial charge < -0.3 is 20.1 Å². The Morgan fingerprint density at radius 1 is 1.33 bits per heavy atom. The third kappa shape index (κ3) is 9.17. The maximum atomic E-state index is 11.9. The summed E-state index contributed by atoms with van der Waals surface area (Å²) in [5, 5.41) is 12.9. The van der Waals surface area contributed by atoms with Crippen molar-refractivity contribution < 1.29 is 27.6 Å². The van der Waals surface area contributed by atoms with Crippen LogP contribution < -0.4 is 10.6 Å². The monoisotopic (exact) mass is 514 g/mol. The second-order valence-electron chi connectivity index (χ2n) is 10.3. The summed E-state index contributed by atoms with van der Waals surface area (Å²) in [5.41, 5.74) is 0.732. The van der Waals surface area contributed by atoms with E-state index in [2.05, 4.69) is 31.1 Å². The molecule has 2 N–H and O–H groups in total. The van der Waals surface area contributed by atoms with Crippen molar-refractivity contribution in [2.24, 2.45) is 17.3 Å². The number of nitrogens with one attached hydrogen (secondary N) is 2. The van der Waals surface area contributed by atoms with Crippen molar-refractivity contribution in [1.29, 1.82) is 5.26 Å². The van der Waals surface area contributed by atoms with Crippen LogP contribution in [0.4, 0.5) is 13.2 Å². The first-order valence-corrected chi connectivity index (χ1v) is 11.9. The van der Waals surface area contributed by atoms with Crippen molar-refractivity contribution in [2.45, 2.75) is 73.1 Å². The molecule has 202 valence electrons. The van der Waals surface area contributed by atoms with Gasteiger partial charge >= 0.3 is 12.1 Å². The molecule has 0 aromatic carbocycles. The number of carbonyl (C=O) groups excluding carboxylic acids is 3. The molecule has 2 aliphatic heterocycles. The summed E-state index contributed by atoms with van der Waals surface area (Å²) in [6.07, 6.45) is -0.714. The summed E-state index contributed by atoms with van der Waals surface area (Å²) in [7, 11) is 0. The summed E-state index contributed by atoms with van der Waals surface area (Å²) in [6, 6.07) is 1.45. The van der Waals surface area contributed by atoms with E-state index < -0.39 is 30.6 Å². The molecule has 0 saturated carbocycles. The molecular weight excluding hydrogens is 477 g/mol. The van der Waals surface area contributed by atoms with E-state index in [1.54, 1.807) is 11.5 Å². The molecule has 1 aromatic heterocycles. The molecule has 1 unspecified atom stereocenters. The molecular formula is C24H37F3N6O3. The first kappa shape index (κ1) is 30.9. The third-order valence-electron chi connectivity index (χ3n) is 5.85. The smallest absolute Gasteiger partial charge is 0.340 e. The topological polar surface area (TPSA) is 120 Å². The summed E-state index contributed by atoms with van der Waals surface area (Å²) >= 11 is 0. The van der Waals surface area contributed by atoms with Gasteiger partial charge in [-0.25, -0.2) is 4.98 Å². The van der Waals surface area contributed by atoms with Gasteiger partial charge in [0.1, 0.15) is 5.82 Å². The summed E-state index contributed by atoms with van der Waals surface area (Å²) in [6.45, 7) is 13.8. The number of carbonyl (C=O) groups is 3. The van der Waals surface area contributed by atoms with E-state index in [9.17, 15) is 27.6 Å². The molecule has 2 atom stereocenters. The molecule has 2 aliphatic rings. The van der Waals surface area contributed by atoms with E-state index >= 15 is 0 Å². The molecule has 3 rings (SSSR count). The number of rotatable bonds is 5. The second-order valence-corrected chi connectivity index (χ2v) is 10.3. The van der Waals surface area contributed by atoms with Crippen LogP contribution >= 0.6 is 0 Å². The number of alkyl halides is 3. The van der Waals surface area contributed by atoms with Crippen molar-refractivity contribution in [1.82, 2.24) is 25.1 Å². The number of hydrogen-bond acceptors (Lipinski definition) is 5. The molecule has 1 saturated heterocycles. The van der Waals surface area contributed by atoms with E-state index in [1.807, 2.05) is 31.4 Å². The highest BCUT2D eigenvalue weighted by Gasteiger charge is 2.41. The highest BCUT2D eigenvalue weighted by atomic mass is 19.4. The predicted octanol–water partition coefficient (Wildman–Crippen LogP) is 2.97. The summed E-state index contributed by atoms with van der Waals surface area (Å²) in [4.78, 5) is 38.2. The number of hydrogen-bond donors (Lipinski definition) is 2. The van der Waals surface area contributed by atoms with Crippen LogP contribution in [0, 0.1) is 28.6 Å². The van der Waals surface area contributed by atoms with Crippen molar-refractivity contribution in [2.75, 3.05) is 19.6 Å². The Balaban J connectivity index is 0.000000320. The number of nitriles is 1. The lowest BCUT2D eigenvalue weighted by Crippen LogP contribution is -2.44. The highest BCUT2D eigenvalue weighted by molar-refractivity contribution is 5.87. The Bertz CT molecular complexity index is 934. The van der Waals surface area contributed by atoms with Crippen LogP contribution in [-0.4, -0.2) is 58.5 Å². The third-order valence-corrected chi connectivity index (χ3v) is 5.85. The number of likely N-dealkylation sites (tertiary alicyclic amines) is 1. The van der Waals surface area contributed by atoms with Crippen LogP contribution in [0.1, 0.15) is 65.5 Å². The Kier molecular flexibility index (Phi) is 11.4. The van der Waals surface area contributed by atoms with Crippen molar-refractivity contribution in [3.8, 4) is 6.07 Å². The molecule has 0 radical (unpaired) electrons. The lowest BCUT2D eigenvalue weighted by atomic mass is 9.84. The van der Waals surface area contributed by atoms with Crippen molar-refractivity contribution in [3.05, 3.63) is 17.7 Å². The average molecular weight is 515 g/mol. The molecule has 1 aromatic rings. The van der Waals surface area contributed by atoms with Gasteiger partial charge in [-0.15, -0.1) is 0 Å². The van der Waals surface area contributed by atoms with Gasteiger partial charge in [-0.05, 0) is 23.7 Å². The van der Waals surface area contributed by atoms with Crippen LogP contribution in [0.5, 0.6) is 0 Å². The Hall–Kier alpha value is -3.10. The minimum absolute atomic E-state index is 0.0519. The number of aromatic nitrogens is 2. The summed E-state index contributed by atoms with van der Waals surface area (Å²) < 4.78 is 37.8. The molecule has 12 heteroatoms. The second kappa shape index (κ2) is 13.3. The van der Waals surface area contributed by atoms with E-state index in [-0.39, 0.29) is 11.3 Å². The molecule has 0 bridgehead atoms. The molecule has 0 spiro atoms. The van der Waals surface area contributed by atoms with Gasteiger partial charge in [-0.3, -0.25) is 14.4 Å². The lowest BCUT2D eigenvalue weighted by Gasteiger charge is -2.22. The molecule has 3 heterocycles. The zero-order chi connectivity index (χ0) is 27.7. The number of aryl methyl sites for hydroxylation is 1. The fourth-order valence-electron chi connectivity index (χ4n) is 3.62. The Morgan fingerprint density at radius 2 is 1.94 bits per heavy atom. The number of imidazole rings is 1. The number of amides is 3. The minimum Gasteiger partial charge on any atom is -0.340 e. The molecule has 9 nitrogen and oxygen atoms in total. The van der Waals surface area contributed by atoms with Gasteiger partial charge in [0.25, 0.3) is 0 Å². The van der Waals surface area contributed by atoms with E-state index in [1.165, 1.54) is 4.90 Å². The van der Waals surface area contributed by atoms with Gasteiger partial charge in [-0.2, -0.15) is 18.4 Å². The van der Waals surface area contributed by atoms with Gasteiger partial charge in [-0.1, -0.05) is 41.5 Å². The average Bonchev–Trinajstić information content (AvgIpc) is 3.45. The fraction of sp³-hybridized carbons (Fsp3) is 0.708. The maximum absolute atomic E-state index is 11.9. The van der Waals surface area contributed by atoms with Crippen LogP contribution in [0.15, 0.2) is 6.20 Å². The van der Waals surface area contributed by atoms with E-state index in [4.69, 9.17) is 5.26 Å². The largest absolute Gasteiger partial charge is 0.471 e. The highest BCUT2D eigenvalue weighted by Crippen LogP contribution is 2.34. The predicted molar refractivity (Wildman–Crippen MR) is 127 cm³/mol. The van der Waals surface area contributed by atoms with Crippen molar-refractivity contribution >= 4 is 18.2 Å². The number of nitrogens with zero attached hydrogens (tertiary/aromatic N) is 4. The molecule has 36 heavy (non-hydrogen) atoms. The normalized spacial score (nSPS) is 18.6. The lowest BCUT2D eigenvalue weighted by molar-refractivity contribution is -0.174. The van der Waals surface area contributed by atoms with Crippen LogP contribution in [0.3, 0.4) is 0 Å². The van der Waals surface area contributed by atoms with E-state index in [0.29, 0.717) is 19.5 Å². The zero-order valence-corrected chi connectivity index (χ0v) is 21.8. The Labute approximate surface area is 210 Å². The van der Waals surface area contributed by atoms with Gasteiger partial charge in [0, 0.05) is 26.1 Å². The molecule has 3 amide bonds. The van der Waals surface area contributed by atoms with Gasteiger partial charge in [0.05, 0.1) is 24.5 Å². The minimum atomic E-state index is -4.95. The van der Waals surface area contributed by atoms with Crippen LogP contribution in [0.25, 0.3) is 0 Å². The van der Waals surface area contributed by atoms with E-state index in [0.717, 1.165) is 36.8 Å². The Morgan fingerprint density at radius 3 is 2.42 bits per heavy atom. The van der Waals surface area contributed by atoms with Crippen molar-refractivity contribution in [3.63, 3.8) is 0 Å². The number of fused-ring (bicyclic) bond motifs is 1. The van der Waals surface area contributed by atoms with Crippen LogP contribution in [-0.2, 0) is 27.3 Å². The standard InChI is InChI=1S/C11H17F3N2O2.C9H10N4O.C4H10/c1-7-5-16(6-10(7,2)3)8(17)4-15-9(18)11(12,13)14;10-4-7(12-6-14)8-5-11-9-2-1-3-13(8)9;1-4(2)3/h7H,4-6H2,1-3H3,(H,15,18);5-7H,1-3H2,(H,12,14);4H,1-3H3/t7-;;/m0../s1. The SMILES string of the molecule is CC(C)C.C[C@H]1CN(C(=O)CNC(=O)C(F)(F)F)CC1(C)C.N#CC(NC=O)c1cnc2n1CCC2. The summed E-state index contributed by atoms with van der Waals surface area (Å²) in [5.74, 6) is -0.444. The van der Waals surface area contributed by atoms with Gasteiger partial charge in [0.2, 0.25) is 12.3 Å².